The second-order valence-corrected chi connectivity index (χ2v) is 6.81. The zero-order valence-corrected chi connectivity index (χ0v) is 11.5. The highest BCUT2D eigenvalue weighted by atomic mass is 32.2. The average Bonchev–Trinajstić information content (AvgIpc) is 2.86. The monoisotopic (exact) mass is 256 g/mol. The van der Waals surface area contributed by atoms with Crippen LogP contribution in [0, 0.1) is 5.92 Å². The Labute approximate surface area is 108 Å². The Balaban J connectivity index is 1.99. The van der Waals surface area contributed by atoms with Gasteiger partial charge >= 0.3 is 0 Å². The van der Waals surface area contributed by atoms with E-state index < -0.39 is 0 Å². The van der Waals surface area contributed by atoms with Gasteiger partial charge in [-0.15, -0.1) is 11.8 Å². The number of thioether (sulfide) groups is 1. The second kappa shape index (κ2) is 5.61. The van der Waals surface area contributed by atoms with Gasteiger partial charge in [0.25, 0.3) is 0 Å². The molecule has 0 aromatic heterocycles. The van der Waals surface area contributed by atoms with E-state index in [0.717, 1.165) is 18.6 Å². The summed E-state index contributed by atoms with van der Waals surface area (Å²) in [5.41, 5.74) is 5.83. The van der Waals surface area contributed by atoms with Gasteiger partial charge in [-0.3, -0.25) is 4.79 Å². The van der Waals surface area contributed by atoms with Crippen LogP contribution in [-0.4, -0.2) is 29.0 Å². The first-order valence-corrected chi connectivity index (χ1v) is 7.86. The van der Waals surface area contributed by atoms with Crippen LogP contribution in [0.25, 0.3) is 0 Å². The lowest BCUT2D eigenvalue weighted by atomic mass is 9.73. The van der Waals surface area contributed by atoms with Gasteiger partial charge in [-0.05, 0) is 37.4 Å². The quantitative estimate of drug-likeness (QED) is 0.811. The van der Waals surface area contributed by atoms with Crippen molar-refractivity contribution in [1.82, 2.24) is 5.32 Å². The first kappa shape index (κ1) is 13.2. The Bertz CT molecular complexity index is 279. The Morgan fingerprint density at radius 3 is 2.82 bits per heavy atom. The molecule has 3 nitrogen and oxygen atoms in total. The minimum Gasteiger partial charge on any atom is -0.348 e. The standard InChI is InChI=1S/C13H24N2OS/c1-10-5-2-3-7-13(10,9-14)15-12(16)11-6-4-8-17-11/h10-11H,2-9,14H2,1H3,(H,15,16). The molecule has 4 heteroatoms. The number of carbonyl (C=O) groups is 1. The van der Waals surface area contributed by atoms with Crippen molar-refractivity contribution >= 4 is 17.7 Å². The fourth-order valence-corrected chi connectivity index (χ4v) is 4.23. The van der Waals surface area contributed by atoms with Crippen LogP contribution in [0.5, 0.6) is 0 Å². The van der Waals surface area contributed by atoms with Crippen LogP contribution in [0.1, 0.15) is 45.4 Å². The van der Waals surface area contributed by atoms with Crippen LogP contribution in [0.3, 0.4) is 0 Å². The number of hydrogen-bond acceptors (Lipinski definition) is 3. The molecule has 1 aliphatic carbocycles. The van der Waals surface area contributed by atoms with Crippen LogP contribution < -0.4 is 11.1 Å². The summed E-state index contributed by atoms with van der Waals surface area (Å²) in [5.74, 6) is 1.87. The molecule has 1 amide bonds. The third kappa shape index (κ3) is 2.79. The molecule has 1 aliphatic heterocycles. The van der Waals surface area contributed by atoms with E-state index in [1.165, 1.54) is 25.7 Å². The van der Waals surface area contributed by atoms with Gasteiger partial charge in [0.15, 0.2) is 0 Å². The zero-order chi connectivity index (χ0) is 12.3. The van der Waals surface area contributed by atoms with Gasteiger partial charge in [0.1, 0.15) is 0 Å². The summed E-state index contributed by atoms with van der Waals surface area (Å²) >= 11 is 1.80. The smallest absolute Gasteiger partial charge is 0.233 e. The van der Waals surface area contributed by atoms with Crippen molar-refractivity contribution in [2.45, 2.75) is 56.2 Å². The summed E-state index contributed by atoms with van der Waals surface area (Å²) in [6, 6.07) is 0. The van der Waals surface area contributed by atoms with Crippen molar-refractivity contribution in [2.24, 2.45) is 11.7 Å². The predicted octanol–water partition coefficient (Wildman–Crippen LogP) is 1.91. The second-order valence-electron chi connectivity index (χ2n) is 5.50. The Hall–Kier alpha value is -0.220. The van der Waals surface area contributed by atoms with E-state index in [9.17, 15) is 4.79 Å². The molecule has 1 saturated heterocycles. The maximum Gasteiger partial charge on any atom is 0.233 e. The predicted molar refractivity (Wildman–Crippen MR) is 73.0 cm³/mol. The summed E-state index contributed by atoms with van der Waals surface area (Å²) in [6.45, 7) is 2.81. The molecular weight excluding hydrogens is 232 g/mol. The lowest BCUT2D eigenvalue weighted by Crippen LogP contribution is -2.60. The SMILES string of the molecule is CC1CCCCC1(CN)NC(=O)C1CCCS1. The fourth-order valence-electron chi connectivity index (χ4n) is 3.06. The highest BCUT2D eigenvalue weighted by Gasteiger charge is 2.39. The Kier molecular flexibility index (Phi) is 4.36. The maximum absolute atomic E-state index is 12.2. The van der Waals surface area contributed by atoms with Gasteiger partial charge < -0.3 is 11.1 Å². The molecule has 1 saturated carbocycles. The normalized spacial score (nSPS) is 38.0. The molecule has 2 fully saturated rings. The molecule has 3 N–H and O–H groups in total. The molecule has 0 aromatic rings. The first-order valence-electron chi connectivity index (χ1n) is 6.82. The molecule has 3 atom stereocenters. The van der Waals surface area contributed by atoms with E-state index in [2.05, 4.69) is 12.2 Å². The fraction of sp³-hybridized carbons (Fsp3) is 0.923. The molecule has 0 spiro atoms. The molecule has 98 valence electrons. The van der Waals surface area contributed by atoms with Gasteiger partial charge in [-0.1, -0.05) is 19.8 Å². The maximum atomic E-state index is 12.2. The molecular formula is C13H24N2OS. The Morgan fingerprint density at radius 2 is 2.24 bits per heavy atom. The summed E-state index contributed by atoms with van der Waals surface area (Å²) < 4.78 is 0. The molecule has 17 heavy (non-hydrogen) atoms. The van der Waals surface area contributed by atoms with Crippen LogP contribution in [-0.2, 0) is 4.79 Å². The van der Waals surface area contributed by atoms with E-state index >= 15 is 0 Å². The van der Waals surface area contributed by atoms with E-state index in [-0.39, 0.29) is 16.7 Å². The lowest BCUT2D eigenvalue weighted by Gasteiger charge is -2.43. The van der Waals surface area contributed by atoms with Crippen molar-refractivity contribution in [1.29, 1.82) is 0 Å². The first-order chi connectivity index (χ1) is 8.18. The summed E-state index contributed by atoms with van der Waals surface area (Å²) in [7, 11) is 0. The number of rotatable bonds is 3. The van der Waals surface area contributed by atoms with Gasteiger partial charge in [0, 0.05) is 6.54 Å². The summed E-state index contributed by atoms with van der Waals surface area (Å²) in [5, 5.41) is 3.46. The number of amides is 1. The average molecular weight is 256 g/mol. The van der Waals surface area contributed by atoms with Crippen LogP contribution in [0.15, 0.2) is 0 Å². The van der Waals surface area contributed by atoms with Crippen molar-refractivity contribution < 1.29 is 4.79 Å². The lowest BCUT2D eigenvalue weighted by molar-refractivity contribution is -0.123. The molecule has 2 rings (SSSR count). The van der Waals surface area contributed by atoms with Gasteiger partial charge in [0.2, 0.25) is 5.91 Å². The van der Waals surface area contributed by atoms with E-state index in [4.69, 9.17) is 5.73 Å². The zero-order valence-electron chi connectivity index (χ0n) is 10.7. The van der Waals surface area contributed by atoms with E-state index in [1.54, 1.807) is 11.8 Å². The molecule has 1 heterocycles. The molecule has 2 aliphatic rings. The minimum atomic E-state index is -0.127. The summed E-state index contributed by atoms with van der Waals surface area (Å²) in [6.07, 6.45) is 6.92. The van der Waals surface area contributed by atoms with Crippen molar-refractivity contribution in [3.63, 3.8) is 0 Å². The van der Waals surface area contributed by atoms with E-state index in [0.29, 0.717) is 12.5 Å². The number of nitrogens with two attached hydrogens (primary N) is 1. The number of carbonyl (C=O) groups excluding carboxylic acids is 1. The van der Waals surface area contributed by atoms with E-state index in [1.807, 2.05) is 0 Å². The van der Waals surface area contributed by atoms with Gasteiger partial charge in [-0.25, -0.2) is 0 Å². The molecule has 0 bridgehead atoms. The number of nitrogens with one attached hydrogen (secondary N) is 1. The van der Waals surface area contributed by atoms with Crippen molar-refractivity contribution in [3.8, 4) is 0 Å². The topological polar surface area (TPSA) is 55.1 Å². The summed E-state index contributed by atoms with van der Waals surface area (Å²) in [4.78, 5) is 12.2. The molecule has 0 aromatic carbocycles. The third-order valence-electron chi connectivity index (χ3n) is 4.41. The van der Waals surface area contributed by atoms with Gasteiger partial charge in [-0.2, -0.15) is 0 Å². The third-order valence-corrected chi connectivity index (χ3v) is 5.79. The molecule has 3 unspecified atom stereocenters. The van der Waals surface area contributed by atoms with Crippen molar-refractivity contribution in [3.05, 3.63) is 0 Å². The van der Waals surface area contributed by atoms with Crippen LogP contribution in [0.2, 0.25) is 0 Å². The van der Waals surface area contributed by atoms with Crippen LogP contribution in [0.4, 0.5) is 0 Å². The largest absolute Gasteiger partial charge is 0.348 e. The van der Waals surface area contributed by atoms with Gasteiger partial charge in [0.05, 0.1) is 10.8 Å². The minimum absolute atomic E-state index is 0.127. The molecule has 0 radical (unpaired) electrons. The highest BCUT2D eigenvalue weighted by molar-refractivity contribution is 8.00. The number of hydrogen-bond donors (Lipinski definition) is 2. The Morgan fingerprint density at radius 1 is 1.41 bits per heavy atom. The van der Waals surface area contributed by atoms with Crippen molar-refractivity contribution in [2.75, 3.05) is 12.3 Å². The highest BCUT2D eigenvalue weighted by Crippen LogP contribution is 2.34. The van der Waals surface area contributed by atoms with Crippen LogP contribution >= 0.6 is 11.8 Å².